The minimum absolute atomic E-state index is 0.454. The topological polar surface area (TPSA) is 16.1 Å². The fourth-order valence-electron chi connectivity index (χ4n) is 8.90. The Hall–Kier alpha value is -6.81. The number of aromatic nitrogens is 1. The number of anilines is 3. The van der Waals surface area contributed by atoms with Gasteiger partial charge in [0.2, 0.25) is 0 Å². The molecule has 258 valence electrons. The highest BCUT2D eigenvalue weighted by Gasteiger charge is 2.46. The van der Waals surface area contributed by atoms with Crippen molar-refractivity contribution in [2.24, 2.45) is 0 Å². The largest absolute Gasteiger partial charge is 0.295 e. The summed E-state index contributed by atoms with van der Waals surface area (Å²) < 4.78 is 2.46. The normalized spacial score (nSPS) is 12.9. The second-order valence-electron chi connectivity index (χ2n) is 14.3. The molecule has 3 heteroatoms. The summed E-state index contributed by atoms with van der Waals surface area (Å²) in [5, 5.41) is 5.00. The predicted molar refractivity (Wildman–Crippen MR) is 232 cm³/mol. The molecular formula is C52H34N2S. The zero-order chi connectivity index (χ0) is 36.3. The summed E-state index contributed by atoms with van der Waals surface area (Å²) in [5.41, 5.74) is 11.6. The van der Waals surface area contributed by atoms with E-state index in [1.807, 2.05) is 11.3 Å². The van der Waals surface area contributed by atoms with Crippen LogP contribution in [-0.4, -0.2) is 4.98 Å². The molecule has 0 atom stereocenters. The molecule has 2 heterocycles. The van der Waals surface area contributed by atoms with Crippen molar-refractivity contribution in [1.82, 2.24) is 4.98 Å². The van der Waals surface area contributed by atoms with Gasteiger partial charge in [-0.3, -0.25) is 4.90 Å². The Labute approximate surface area is 324 Å². The van der Waals surface area contributed by atoms with Crippen LogP contribution in [0.15, 0.2) is 206 Å². The summed E-state index contributed by atoms with van der Waals surface area (Å²) in [4.78, 5) is 7.53. The maximum absolute atomic E-state index is 5.20. The van der Waals surface area contributed by atoms with Gasteiger partial charge < -0.3 is 0 Å². The van der Waals surface area contributed by atoms with Gasteiger partial charge in [0, 0.05) is 33.0 Å². The smallest absolute Gasteiger partial charge is 0.138 e. The molecule has 2 aromatic heterocycles. The van der Waals surface area contributed by atoms with E-state index >= 15 is 0 Å². The molecule has 1 aliphatic rings. The lowest BCUT2D eigenvalue weighted by Gasteiger charge is -2.34. The van der Waals surface area contributed by atoms with E-state index in [2.05, 4.69) is 211 Å². The van der Waals surface area contributed by atoms with Crippen LogP contribution in [0.3, 0.4) is 0 Å². The summed E-state index contributed by atoms with van der Waals surface area (Å²) in [6.07, 6.45) is 2.06. The Morgan fingerprint density at radius 1 is 0.418 bits per heavy atom. The second-order valence-corrected chi connectivity index (χ2v) is 15.4. The highest BCUT2D eigenvalue weighted by atomic mass is 32.1. The minimum Gasteiger partial charge on any atom is -0.295 e. The third kappa shape index (κ3) is 4.97. The predicted octanol–water partition coefficient (Wildman–Crippen LogP) is 14.1. The van der Waals surface area contributed by atoms with E-state index in [9.17, 15) is 0 Å². The number of nitrogens with zero attached hydrogens (tertiary/aromatic N) is 2. The van der Waals surface area contributed by atoms with Crippen molar-refractivity contribution in [1.29, 1.82) is 0 Å². The van der Waals surface area contributed by atoms with Gasteiger partial charge in [-0.05, 0) is 97.7 Å². The van der Waals surface area contributed by atoms with Crippen LogP contribution in [0.1, 0.15) is 22.3 Å². The molecule has 2 nitrogen and oxygen atoms in total. The van der Waals surface area contributed by atoms with Crippen LogP contribution < -0.4 is 4.90 Å². The van der Waals surface area contributed by atoms with Gasteiger partial charge in [0.05, 0.1) is 10.1 Å². The molecule has 0 fully saturated rings. The van der Waals surface area contributed by atoms with E-state index in [1.54, 1.807) is 0 Å². The highest BCUT2D eigenvalue weighted by molar-refractivity contribution is 7.25. The molecule has 0 saturated carbocycles. The van der Waals surface area contributed by atoms with Gasteiger partial charge in [-0.25, -0.2) is 4.98 Å². The molecule has 0 unspecified atom stereocenters. The van der Waals surface area contributed by atoms with Gasteiger partial charge >= 0.3 is 0 Å². The van der Waals surface area contributed by atoms with Crippen LogP contribution in [0.5, 0.6) is 0 Å². The molecule has 1 aliphatic carbocycles. The van der Waals surface area contributed by atoms with Crippen LogP contribution in [-0.2, 0) is 5.41 Å². The quantitative estimate of drug-likeness (QED) is 0.170. The number of benzene rings is 8. The molecule has 0 bridgehead atoms. The van der Waals surface area contributed by atoms with E-state index < -0.39 is 5.41 Å². The number of thiophene rings is 1. The summed E-state index contributed by atoms with van der Waals surface area (Å²) in [5.74, 6) is 0.886. The van der Waals surface area contributed by atoms with Gasteiger partial charge in [0.25, 0.3) is 0 Å². The van der Waals surface area contributed by atoms with Gasteiger partial charge in [0.1, 0.15) is 5.82 Å². The Morgan fingerprint density at radius 3 is 1.71 bits per heavy atom. The van der Waals surface area contributed by atoms with E-state index in [4.69, 9.17) is 4.98 Å². The van der Waals surface area contributed by atoms with Gasteiger partial charge in [-0.2, -0.15) is 0 Å². The van der Waals surface area contributed by atoms with Crippen molar-refractivity contribution in [3.05, 3.63) is 229 Å². The molecule has 0 radical (unpaired) electrons. The SMILES string of the molecule is c1ccc(-c2ccc(N(c3ccc4c(c3)-c3ccccc3C4(c3ccccc3)c3ccccc3)c3cc4c(cn3)sc3cc5ccccc5cc34)cc2)cc1. The second kappa shape index (κ2) is 12.7. The Bertz CT molecular complexity index is 2980. The first-order valence-corrected chi connectivity index (χ1v) is 19.6. The van der Waals surface area contributed by atoms with Crippen molar-refractivity contribution in [3.8, 4) is 22.3 Å². The fourth-order valence-corrected chi connectivity index (χ4v) is 9.99. The molecule has 0 spiro atoms. The first-order valence-electron chi connectivity index (χ1n) is 18.8. The Kier molecular flexibility index (Phi) is 7.29. The van der Waals surface area contributed by atoms with Crippen molar-refractivity contribution in [3.63, 3.8) is 0 Å². The Morgan fingerprint density at radius 2 is 0.982 bits per heavy atom. The molecule has 0 aliphatic heterocycles. The standard InChI is InChI=1S/C52H34N2S/c1-4-14-35(15-5-1)36-24-26-41(27-25-36)54(51-33-46-45-30-37-16-10-11-17-38(37)31-49(45)55-50(46)34-53-51)42-28-29-48-44(32-42)43-22-12-13-23-47(43)52(48,39-18-6-2-7-19-39)40-20-8-3-9-21-40/h1-34H. The molecule has 0 saturated heterocycles. The number of pyridine rings is 1. The number of hydrogen-bond donors (Lipinski definition) is 0. The molecule has 10 aromatic rings. The van der Waals surface area contributed by atoms with Crippen LogP contribution in [0.25, 0.3) is 53.2 Å². The molecule has 11 rings (SSSR count). The summed E-state index contributed by atoms with van der Waals surface area (Å²) in [7, 11) is 0. The van der Waals surface area contributed by atoms with Crippen molar-refractivity contribution < 1.29 is 0 Å². The van der Waals surface area contributed by atoms with Gasteiger partial charge in [-0.15, -0.1) is 11.3 Å². The van der Waals surface area contributed by atoms with Crippen LogP contribution >= 0.6 is 11.3 Å². The minimum atomic E-state index is -0.454. The average Bonchev–Trinajstić information content (AvgIpc) is 3.76. The van der Waals surface area contributed by atoms with E-state index in [0.29, 0.717) is 0 Å². The maximum atomic E-state index is 5.20. The summed E-state index contributed by atoms with van der Waals surface area (Å²) >= 11 is 1.81. The highest BCUT2D eigenvalue weighted by Crippen LogP contribution is 2.57. The van der Waals surface area contributed by atoms with Crippen LogP contribution in [0.2, 0.25) is 0 Å². The number of fused-ring (bicyclic) bond motifs is 7. The number of hydrogen-bond acceptors (Lipinski definition) is 3. The van der Waals surface area contributed by atoms with E-state index in [1.165, 1.54) is 75.5 Å². The summed E-state index contributed by atoms with van der Waals surface area (Å²) in [6, 6.07) is 73.0. The third-order valence-electron chi connectivity index (χ3n) is 11.4. The van der Waals surface area contributed by atoms with Crippen LogP contribution in [0, 0.1) is 0 Å². The lowest BCUT2D eigenvalue weighted by molar-refractivity contribution is 0.768. The van der Waals surface area contributed by atoms with Crippen molar-refractivity contribution >= 4 is 59.5 Å². The summed E-state index contributed by atoms with van der Waals surface area (Å²) in [6.45, 7) is 0. The average molecular weight is 719 g/mol. The maximum Gasteiger partial charge on any atom is 0.138 e. The first-order chi connectivity index (χ1) is 27.3. The third-order valence-corrected chi connectivity index (χ3v) is 12.5. The molecule has 55 heavy (non-hydrogen) atoms. The Balaban J connectivity index is 1.14. The number of rotatable bonds is 6. The van der Waals surface area contributed by atoms with Crippen LogP contribution in [0.4, 0.5) is 17.2 Å². The van der Waals surface area contributed by atoms with Gasteiger partial charge in [0.15, 0.2) is 0 Å². The lowest BCUT2D eigenvalue weighted by atomic mass is 9.68. The lowest BCUT2D eigenvalue weighted by Crippen LogP contribution is -2.28. The fraction of sp³-hybridized carbons (Fsp3) is 0.0192. The van der Waals surface area contributed by atoms with Crippen molar-refractivity contribution in [2.75, 3.05) is 4.90 Å². The zero-order valence-corrected chi connectivity index (χ0v) is 30.7. The first kappa shape index (κ1) is 31.7. The van der Waals surface area contributed by atoms with E-state index in [0.717, 1.165) is 17.2 Å². The molecule has 8 aromatic carbocycles. The monoisotopic (exact) mass is 718 g/mol. The zero-order valence-electron chi connectivity index (χ0n) is 29.9. The molecule has 0 N–H and O–H groups in total. The molecular weight excluding hydrogens is 685 g/mol. The van der Waals surface area contributed by atoms with Crippen molar-refractivity contribution in [2.45, 2.75) is 5.41 Å². The van der Waals surface area contributed by atoms with Gasteiger partial charge in [-0.1, -0.05) is 158 Å². The van der Waals surface area contributed by atoms with E-state index in [-0.39, 0.29) is 0 Å². The molecule has 0 amide bonds.